The summed E-state index contributed by atoms with van der Waals surface area (Å²) in [6.45, 7) is 7.58. The van der Waals surface area contributed by atoms with Crippen molar-refractivity contribution in [1.82, 2.24) is 4.90 Å². The second-order valence-electron chi connectivity index (χ2n) is 4.31. The molecule has 0 radical (unpaired) electrons. The van der Waals surface area contributed by atoms with Crippen LogP contribution in [0, 0.1) is 12.8 Å². The molecule has 1 saturated heterocycles. The second-order valence-corrected chi connectivity index (χ2v) is 5.63. The van der Waals surface area contributed by atoms with Gasteiger partial charge in [-0.25, -0.2) is 0 Å². The molecule has 15 heavy (non-hydrogen) atoms. The molecule has 1 aromatic heterocycles. The van der Waals surface area contributed by atoms with Crippen molar-refractivity contribution in [1.29, 1.82) is 0 Å². The maximum absolute atomic E-state index is 5.86. The van der Waals surface area contributed by atoms with Crippen LogP contribution in [-0.2, 0) is 0 Å². The van der Waals surface area contributed by atoms with Gasteiger partial charge in [-0.15, -0.1) is 11.3 Å². The number of likely N-dealkylation sites (tertiary alicyclic amines) is 1. The molecule has 2 N–H and O–H groups in total. The molecule has 3 heteroatoms. The number of nitrogens with zero attached hydrogens (tertiary/aromatic N) is 1. The summed E-state index contributed by atoms with van der Waals surface area (Å²) in [6, 6.07) is 5.08. The van der Waals surface area contributed by atoms with E-state index in [2.05, 4.69) is 30.9 Å². The van der Waals surface area contributed by atoms with Gasteiger partial charge in [0.1, 0.15) is 0 Å². The van der Waals surface area contributed by atoms with Gasteiger partial charge in [0.2, 0.25) is 0 Å². The van der Waals surface area contributed by atoms with Crippen molar-refractivity contribution in [2.45, 2.75) is 26.3 Å². The first-order valence-corrected chi connectivity index (χ1v) is 6.58. The zero-order valence-corrected chi connectivity index (χ0v) is 10.4. The van der Waals surface area contributed by atoms with Crippen molar-refractivity contribution >= 4 is 11.3 Å². The van der Waals surface area contributed by atoms with Gasteiger partial charge >= 0.3 is 0 Å². The minimum absolute atomic E-state index is 0.582. The Morgan fingerprint density at radius 2 is 2.33 bits per heavy atom. The summed E-state index contributed by atoms with van der Waals surface area (Å²) in [4.78, 5) is 5.47. The van der Waals surface area contributed by atoms with Crippen molar-refractivity contribution in [3.05, 3.63) is 21.9 Å². The molecular formula is C12H20N2S. The Labute approximate surface area is 96.1 Å². The quantitative estimate of drug-likeness (QED) is 0.854. The molecule has 2 heterocycles. The molecule has 0 spiro atoms. The first kappa shape index (κ1) is 11.1. The SMILES string of the molecule is CCN1CCC(CN)C1c1ccc(C)s1. The first-order valence-electron chi connectivity index (χ1n) is 5.76. The lowest BCUT2D eigenvalue weighted by Crippen LogP contribution is -2.27. The van der Waals surface area contributed by atoms with Crippen molar-refractivity contribution in [3.63, 3.8) is 0 Å². The van der Waals surface area contributed by atoms with E-state index in [1.54, 1.807) is 0 Å². The summed E-state index contributed by atoms with van der Waals surface area (Å²) >= 11 is 1.93. The Bertz CT molecular complexity index is 309. The highest BCUT2D eigenvalue weighted by atomic mass is 32.1. The van der Waals surface area contributed by atoms with E-state index in [-0.39, 0.29) is 0 Å². The fraction of sp³-hybridized carbons (Fsp3) is 0.667. The Morgan fingerprint density at radius 1 is 1.53 bits per heavy atom. The Morgan fingerprint density at radius 3 is 2.87 bits per heavy atom. The fourth-order valence-electron chi connectivity index (χ4n) is 2.55. The van der Waals surface area contributed by atoms with Crippen LogP contribution in [0.3, 0.4) is 0 Å². The molecule has 1 fully saturated rings. The van der Waals surface area contributed by atoms with Crippen molar-refractivity contribution in [3.8, 4) is 0 Å². The van der Waals surface area contributed by atoms with E-state index >= 15 is 0 Å². The number of hydrogen-bond acceptors (Lipinski definition) is 3. The van der Waals surface area contributed by atoms with Crippen molar-refractivity contribution in [2.75, 3.05) is 19.6 Å². The molecule has 1 aliphatic heterocycles. The predicted molar refractivity (Wildman–Crippen MR) is 66.2 cm³/mol. The molecule has 2 unspecified atom stereocenters. The monoisotopic (exact) mass is 224 g/mol. The average molecular weight is 224 g/mol. The smallest absolute Gasteiger partial charge is 0.0482 e. The maximum Gasteiger partial charge on any atom is 0.0482 e. The highest BCUT2D eigenvalue weighted by molar-refractivity contribution is 7.12. The van der Waals surface area contributed by atoms with E-state index in [1.807, 2.05) is 11.3 Å². The molecule has 84 valence electrons. The Kier molecular flexibility index (Phi) is 3.44. The third-order valence-corrected chi connectivity index (χ3v) is 4.46. The first-order chi connectivity index (χ1) is 7.26. The topological polar surface area (TPSA) is 29.3 Å². The number of aryl methyl sites for hydroxylation is 1. The number of hydrogen-bond donors (Lipinski definition) is 1. The average Bonchev–Trinajstić information content (AvgIpc) is 2.82. The van der Waals surface area contributed by atoms with Crippen LogP contribution in [0.4, 0.5) is 0 Å². The minimum Gasteiger partial charge on any atom is -0.330 e. The lowest BCUT2D eigenvalue weighted by Gasteiger charge is -2.25. The van der Waals surface area contributed by atoms with Crippen LogP contribution in [0.15, 0.2) is 12.1 Å². The zero-order chi connectivity index (χ0) is 10.8. The van der Waals surface area contributed by atoms with Gasteiger partial charge in [-0.05, 0) is 51.0 Å². The van der Waals surface area contributed by atoms with E-state index in [1.165, 1.54) is 22.7 Å². The normalized spacial score (nSPS) is 27.4. The van der Waals surface area contributed by atoms with Gasteiger partial charge in [-0.2, -0.15) is 0 Å². The molecule has 0 aliphatic carbocycles. The largest absolute Gasteiger partial charge is 0.330 e. The second kappa shape index (κ2) is 4.64. The van der Waals surface area contributed by atoms with Crippen molar-refractivity contribution in [2.24, 2.45) is 11.7 Å². The van der Waals surface area contributed by atoms with Crippen molar-refractivity contribution < 1.29 is 0 Å². The molecule has 1 aromatic rings. The predicted octanol–water partition coefficient (Wildman–Crippen LogP) is 2.40. The molecule has 0 saturated carbocycles. The minimum atomic E-state index is 0.582. The van der Waals surface area contributed by atoms with Gasteiger partial charge < -0.3 is 5.73 Å². The van der Waals surface area contributed by atoms with Crippen LogP contribution in [0.5, 0.6) is 0 Å². The van der Waals surface area contributed by atoms with Crippen LogP contribution >= 0.6 is 11.3 Å². The van der Waals surface area contributed by atoms with Gasteiger partial charge in [0.05, 0.1) is 0 Å². The summed E-state index contributed by atoms with van der Waals surface area (Å²) in [5.74, 6) is 0.656. The third kappa shape index (κ3) is 2.10. The molecule has 2 rings (SSSR count). The molecular weight excluding hydrogens is 204 g/mol. The fourth-order valence-corrected chi connectivity index (χ4v) is 3.66. The highest BCUT2D eigenvalue weighted by Crippen LogP contribution is 2.39. The Hall–Kier alpha value is -0.380. The number of thiophene rings is 1. The molecule has 2 nitrogen and oxygen atoms in total. The van der Waals surface area contributed by atoms with Crippen LogP contribution < -0.4 is 5.73 Å². The molecule has 2 atom stereocenters. The van der Waals surface area contributed by atoms with Gasteiger partial charge in [-0.1, -0.05) is 6.92 Å². The van der Waals surface area contributed by atoms with E-state index < -0.39 is 0 Å². The summed E-state index contributed by atoms with van der Waals surface area (Å²) in [6.07, 6.45) is 1.26. The van der Waals surface area contributed by atoms with Crippen LogP contribution in [-0.4, -0.2) is 24.5 Å². The van der Waals surface area contributed by atoms with Crippen LogP contribution in [0.2, 0.25) is 0 Å². The van der Waals surface area contributed by atoms with Gasteiger partial charge in [-0.3, -0.25) is 4.90 Å². The van der Waals surface area contributed by atoms with E-state index in [0.29, 0.717) is 12.0 Å². The number of rotatable bonds is 3. The van der Waals surface area contributed by atoms with Gasteiger partial charge in [0.25, 0.3) is 0 Å². The zero-order valence-electron chi connectivity index (χ0n) is 9.57. The van der Waals surface area contributed by atoms with Crippen LogP contribution in [0.1, 0.15) is 29.1 Å². The molecule has 1 aliphatic rings. The van der Waals surface area contributed by atoms with E-state index in [9.17, 15) is 0 Å². The molecule has 0 bridgehead atoms. The number of nitrogens with two attached hydrogens (primary N) is 1. The highest BCUT2D eigenvalue weighted by Gasteiger charge is 2.33. The lowest BCUT2D eigenvalue weighted by atomic mass is 9.99. The van der Waals surface area contributed by atoms with E-state index in [0.717, 1.165) is 13.1 Å². The van der Waals surface area contributed by atoms with Gasteiger partial charge in [0, 0.05) is 15.8 Å². The summed E-state index contributed by atoms with van der Waals surface area (Å²) in [7, 11) is 0. The Balaban J connectivity index is 2.22. The van der Waals surface area contributed by atoms with E-state index in [4.69, 9.17) is 5.73 Å². The molecule has 0 amide bonds. The summed E-state index contributed by atoms with van der Waals surface area (Å²) < 4.78 is 0. The van der Waals surface area contributed by atoms with Crippen LogP contribution in [0.25, 0.3) is 0 Å². The maximum atomic E-state index is 5.86. The molecule has 0 aromatic carbocycles. The lowest BCUT2D eigenvalue weighted by molar-refractivity contribution is 0.245. The van der Waals surface area contributed by atoms with Gasteiger partial charge in [0.15, 0.2) is 0 Å². The third-order valence-electron chi connectivity index (χ3n) is 3.39. The standard InChI is InChI=1S/C12H20N2S/c1-3-14-7-6-10(8-13)12(14)11-5-4-9(2)15-11/h4-5,10,12H,3,6-8,13H2,1-2H3. The summed E-state index contributed by atoms with van der Waals surface area (Å²) in [5.41, 5.74) is 5.86. The summed E-state index contributed by atoms with van der Waals surface area (Å²) in [5, 5.41) is 0.